The number of hydrogen-bond donors (Lipinski definition) is 1. The second-order valence-corrected chi connectivity index (χ2v) is 8.38. The van der Waals surface area contributed by atoms with Crippen LogP contribution in [0.2, 0.25) is 0 Å². The molecule has 2 aromatic carbocycles. The Labute approximate surface area is 173 Å². The highest BCUT2D eigenvalue weighted by molar-refractivity contribution is 5.86. The average Bonchev–Trinajstić information content (AvgIpc) is 3.33. The molecule has 4 aromatic rings. The van der Waals surface area contributed by atoms with Gasteiger partial charge in [-0.05, 0) is 43.4 Å². The minimum absolute atomic E-state index is 0.203. The van der Waals surface area contributed by atoms with Gasteiger partial charge in [0.25, 0.3) is 6.01 Å². The topological polar surface area (TPSA) is 51.5 Å². The van der Waals surface area contributed by atoms with Crippen LogP contribution in [0, 0.1) is 5.82 Å². The van der Waals surface area contributed by atoms with Gasteiger partial charge in [0.05, 0.1) is 0 Å². The van der Waals surface area contributed by atoms with Crippen LogP contribution in [0.4, 0.5) is 16.1 Å². The predicted molar refractivity (Wildman–Crippen MR) is 117 cm³/mol. The molecule has 4 heterocycles. The summed E-state index contributed by atoms with van der Waals surface area (Å²) in [4.78, 5) is 15.1. The molecule has 1 N–H and O–H groups in total. The third-order valence-electron chi connectivity index (χ3n) is 6.44. The fourth-order valence-electron chi connectivity index (χ4n) is 4.65. The van der Waals surface area contributed by atoms with Gasteiger partial charge in [0.15, 0.2) is 5.58 Å². The first kappa shape index (κ1) is 17.8. The molecule has 0 spiro atoms. The third kappa shape index (κ3) is 2.92. The number of aromatic amines is 1. The Bertz CT molecular complexity index is 1240. The van der Waals surface area contributed by atoms with Crippen LogP contribution in [0.5, 0.6) is 0 Å². The molecule has 0 atom stereocenters. The number of anilines is 2. The van der Waals surface area contributed by atoms with E-state index in [0.29, 0.717) is 0 Å². The van der Waals surface area contributed by atoms with Crippen LogP contribution in [-0.2, 0) is 13.0 Å². The lowest BCUT2D eigenvalue weighted by molar-refractivity contribution is 0.305. The van der Waals surface area contributed by atoms with Crippen molar-refractivity contribution in [2.45, 2.75) is 13.0 Å². The van der Waals surface area contributed by atoms with Crippen LogP contribution < -0.4 is 9.80 Å². The molecule has 154 valence electrons. The molecule has 30 heavy (non-hydrogen) atoms. The van der Waals surface area contributed by atoms with Crippen molar-refractivity contribution in [1.82, 2.24) is 14.9 Å². The summed E-state index contributed by atoms with van der Waals surface area (Å²) in [5.74, 6) is -0.203. The minimum atomic E-state index is -0.203. The van der Waals surface area contributed by atoms with Crippen molar-refractivity contribution in [3.8, 4) is 0 Å². The van der Waals surface area contributed by atoms with E-state index >= 15 is 0 Å². The van der Waals surface area contributed by atoms with Gasteiger partial charge < -0.3 is 24.1 Å². The number of nitrogens with zero attached hydrogens (tertiary/aromatic N) is 4. The van der Waals surface area contributed by atoms with E-state index in [0.717, 1.165) is 79.4 Å². The maximum absolute atomic E-state index is 13.6. The summed E-state index contributed by atoms with van der Waals surface area (Å²) in [6.07, 6.45) is 0.912. The number of aromatic nitrogens is 2. The largest absolute Gasteiger partial charge is 0.423 e. The van der Waals surface area contributed by atoms with Crippen molar-refractivity contribution in [1.29, 1.82) is 0 Å². The molecule has 2 aromatic heterocycles. The number of fused-ring (bicyclic) bond motifs is 4. The number of rotatable bonds is 2. The van der Waals surface area contributed by atoms with Crippen molar-refractivity contribution in [2.24, 2.45) is 0 Å². The zero-order valence-electron chi connectivity index (χ0n) is 17.0. The molecule has 0 aliphatic carbocycles. The third-order valence-corrected chi connectivity index (χ3v) is 6.44. The molecule has 6 nitrogen and oxygen atoms in total. The lowest BCUT2D eigenvalue weighted by Gasteiger charge is -2.31. The molecular weight excluding hydrogens is 381 g/mol. The number of oxazole rings is 1. The van der Waals surface area contributed by atoms with Crippen molar-refractivity contribution in [2.75, 3.05) is 49.6 Å². The van der Waals surface area contributed by atoms with E-state index in [1.165, 1.54) is 17.3 Å². The van der Waals surface area contributed by atoms with Gasteiger partial charge in [-0.25, -0.2) is 4.39 Å². The van der Waals surface area contributed by atoms with Crippen LogP contribution in [0.15, 0.2) is 40.8 Å². The zero-order chi connectivity index (χ0) is 20.2. The molecule has 2 aliphatic rings. The van der Waals surface area contributed by atoms with Gasteiger partial charge in [-0.3, -0.25) is 0 Å². The van der Waals surface area contributed by atoms with Crippen LogP contribution in [-0.4, -0.2) is 54.6 Å². The summed E-state index contributed by atoms with van der Waals surface area (Å²) in [5.41, 5.74) is 6.22. The lowest BCUT2D eigenvalue weighted by atomic mass is 10.0. The SMILES string of the molecule is CN1CCN(c2nc3cc(N4CCc5[nH]c6cc(F)ccc6c5C4)ccc3o2)CC1. The molecule has 0 unspecified atom stereocenters. The monoisotopic (exact) mass is 405 g/mol. The predicted octanol–water partition coefficient (Wildman–Crippen LogP) is 3.76. The van der Waals surface area contributed by atoms with Crippen molar-refractivity contribution < 1.29 is 8.81 Å². The normalized spacial score (nSPS) is 17.8. The van der Waals surface area contributed by atoms with Gasteiger partial charge in [0, 0.05) is 73.5 Å². The van der Waals surface area contributed by atoms with Gasteiger partial charge in [0.1, 0.15) is 11.3 Å². The van der Waals surface area contributed by atoms with Gasteiger partial charge in [0.2, 0.25) is 0 Å². The van der Waals surface area contributed by atoms with Crippen molar-refractivity contribution >= 4 is 33.7 Å². The Balaban J connectivity index is 1.29. The standard InChI is InChI=1S/C23H24FN5O/c1-27-8-10-28(11-9-27)23-26-21-13-16(3-5-22(21)30-23)29-7-6-19-18(14-29)17-4-2-15(24)12-20(17)25-19/h2-5,12-13,25H,6-11,14H2,1H3. The van der Waals surface area contributed by atoms with Gasteiger partial charge in [-0.1, -0.05) is 0 Å². The minimum Gasteiger partial charge on any atom is -0.423 e. The number of nitrogens with one attached hydrogen (secondary N) is 1. The molecule has 7 heteroatoms. The Kier molecular flexibility index (Phi) is 3.99. The molecular formula is C23H24FN5O. The molecule has 0 saturated carbocycles. The van der Waals surface area contributed by atoms with Crippen LogP contribution >= 0.6 is 0 Å². The second-order valence-electron chi connectivity index (χ2n) is 8.38. The number of likely N-dealkylation sites (N-methyl/N-ethyl adjacent to an activating group) is 1. The molecule has 6 rings (SSSR count). The number of piperazine rings is 1. The maximum Gasteiger partial charge on any atom is 0.298 e. The highest BCUT2D eigenvalue weighted by Crippen LogP contribution is 2.32. The van der Waals surface area contributed by atoms with E-state index in [1.54, 1.807) is 6.07 Å². The van der Waals surface area contributed by atoms with E-state index in [9.17, 15) is 4.39 Å². The lowest BCUT2D eigenvalue weighted by Crippen LogP contribution is -2.44. The molecule has 1 saturated heterocycles. The zero-order valence-corrected chi connectivity index (χ0v) is 17.0. The van der Waals surface area contributed by atoms with E-state index in [1.807, 2.05) is 12.1 Å². The summed E-state index contributed by atoms with van der Waals surface area (Å²) in [5, 5.41) is 1.11. The first-order valence-corrected chi connectivity index (χ1v) is 10.5. The first-order valence-electron chi connectivity index (χ1n) is 10.5. The first-order chi connectivity index (χ1) is 14.6. The Morgan fingerprint density at radius 1 is 1.00 bits per heavy atom. The molecule has 2 aliphatic heterocycles. The number of benzene rings is 2. The molecule has 1 fully saturated rings. The summed E-state index contributed by atoms with van der Waals surface area (Å²) in [7, 11) is 2.14. The van der Waals surface area contributed by atoms with Gasteiger partial charge in [-0.15, -0.1) is 0 Å². The highest BCUT2D eigenvalue weighted by atomic mass is 19.1. The summed E-state index contributed by atoms with van der Waals surface area (Å²) < 4.78 is 19.6. The Morgan fingerprint density at radius 2 is 1.87 bits per heavy atom. The summed E-state index contributed by atoms with van der Waals surface area (Å²) >= 11 is 0. The summed E-state index contributed by atoms with van der Waals surface area (Å²) in [6.45, 7) is 5.63. The van der Waals surface area contributed by atoms with E-state index in [-0.39, 0.29) is 5.82 Å². The number of hydrogen-bond acceptors (Lipinski definition) is 5. The average molecular weight is 405 g/mol. The number of H-pyrrole nitrogens is 1. The molecule has 0 amide bonds. The quantitative estimate of drug-likeness (QED) is 0.550. The van der Waals surface area contributed by atoms with Crippen LogP contribution in [0.1, 0.15) is 11.3 Å². The van der Waals surface area contributed by atoms with Crippen molar-refractivity contribution in [3.05, 3.63) is 53.5 Å². The van der Waals surface area contributed by atoms with E-state index < -0.39 is 0 Å². The molecule has 0 bridgehead atoms. The second kappa shape index (κ2) is 6.74. The maximum atomic E-state index is 13.6. The Morgan fingerprint density at radius 3 is 2.73 bits per heavy atom. The van der Waals surface area contributed by atoms with Gasteiger partial charge in [-0.2, -0.15) is 4.98 Å². The Hall–Kier alpha value is -3.06. The fraction of sp³-hybridized carbons (Fsp3) is 0.348. The highest BCUT2D eigenvalue weighted by Gasteiger charge is 2.23. The number of halogens is 1. The summed E-state index contributed by atoms with van der Waals surface area (Å²) in [6, 6.07) is 12.0. The van der Waals surface area contributed by atoms with E-state index in [4.69, 9.17) is 9.40 Å². The van der Waals surface area contributed by atoms with Crippen LogP contribution in [0.3, 0.4) is 0 Å². The molecule has 0 radical (unpaired) electrons. The fourth-order valence-corrected chi connectivity index (χ4v) is 4.65. The smallest absolute Gasteiger partial charge is 0.298 e. The van der Waals surface area contributed by atoms with Gasteiger partial charge >= 0.3 is 0 Å². The van der Waals surface area contributed by atoms with E-state index in [2.05, 4.69) is 38.9 Å². The van der Waals surface area contributed by atoms with Crippen molar-refractivity contribution in [3.63, 3.8) is 0 Å². The van der Waals surface area contributed by atoms with Crippen LogP contribution in [0.25, 0.3) is 22.0 Å².